The molecule has 0 saturated carbocycles. The molecule has 1 heterocycles. The van der Waals surface area contributed by atoms with Crippen molar-refractivity contribution in [1.82, 2.24) is 0 Å². The van der Waals surface area contributed by atoms with E-state index < -0.39 is 0 Å². The average Bonchev–Trinajstić information content (AvgIpc) is 2.59. The summed E-state index contributed by atoms with van der Waals surface area (Å²) in [6, 6.07) is 3.39. The first-order valence-electron chi connectivity index (χ1n) is 4.43. The monoisotopic (exact) mass is 180 g/mol. The van der Waals surface area contributed by atoms with Gasteiger partial charge in [-0.1, -0.05) is 0 Å². The lowest BCUT2D eigenvalue weighted by Crippen LogP contribution is -1.94. The topological polar surface area (TPSA) is 38.7 Å². The third-order valence-electron chi connectivity index (χ3n) is 2.10. The fourth-order valence-corrected chi connectivity index (χ4v) is 1.52. The van der Waals surface area contributed by atoms with Crippen molar-refractivity contribution in [3.8, 4) is 17.2 Å². The van der Waals surface area contributed by atoms with Crippen LogP contribution >= 0.6 is 0 Å². The summed E-state index contributed by atoms with van der Waals surface area (Å²) in [6.07, 6.45) is 0.766. The van der Waals surface area contributed by atoms with Gasteiger partial charge < -0.3 is 14.6 Å². The predicted octanol–water partition coefficient (Wildman–Crippen LogP) is 1.73. The van der Waals surface area contributed by atoms with E-state index in [1.54, 1.807) is 12.1 Å². The van der Waals surface area contributed by atoms with E-state index in [-0.39, 0.29) is 0 Å². The first kappa shape index (κ1) is 8.23. The predicted molar refractivity (Wildman–Crippen MR) is 48.5 cm³/mol. The van der Waals surface area contributed by atoms with Crippen LogP contribution in [0.2, 0.25) is 0 Å². The Labute approximate surface area is 76.9 Å². The second-order valence-electron chi connectivity index (χ2n) is 2.92. The van der Waals surface area contributed by atoms with Gasteiger partial charge in [0.15, 0.2) is 11.5 Å². The summed E-state index contributed by atoms with van der Waals surface area (Å²) in [6.45, 7) is 3.17. The Balaban J connectivity index is 2.43. The van der Waals surface area contributed by atoms with Crippen LogP contribution in [0, 0.1) is 0 Å². The van der Waals surface area contributed by atoms with Gasteiger partial charge in [0.1, 0.15) is 5.75 Å². The molecule has 0 atom stereocenters. The van der Waals surface area contributed by atoms with Gasteiger partial charge >= 0.3 is 0 Å². The fraction of sp³-hybridized carbons (Fsp3) is 0.400. The Kier molecular flexibility index (Phi) is 2.00. The lowest BCUT2D eigenvalue weighted by molar-refractivity contribution is 0.298. The van der Waals surface area contributed by atoms with Gasteiger partial charge in [-0.3, -0.25) is 0 Å². The van der Waals surface area contributed by atoms with Gasteiger partial charge in [-0.2, -0.15) is 0 Å². The molecule has 0 fully saturated rings. The maximum Gasteiger partial charge on any atom is 0.168 e. The zero-order chi connectivity index (χ0) is 9.26. The van der Waals surface area contributed by atoms with E-state index in [1.807, 2.05) is 6.92 Å². The number of ether oxygens (including phenoxy) is 2. The van der Waals surface area contributed by atoms with E-state index in [0.29, 0.717) is 24.7 Å². The van der Waals surface area contributed by atoms with E-state index in [9.17, 15) is 5.11 Å². The highest BCUT2D eigenvalue weighted by atomic mass is 16.5. The molecular weight excluding hydrogens is 168 g/mol. The summed E-state index contributed by atoms with van der Waals surface area (Å²) < 4.78 is 10.7. The second-order valence-corrected chi connectivity index (χ2v) is 2.92. The van der Waals surface area contributed by atoms with Crippen molar-refractivity contribution in [2.24, 2.45) is 0 Å². The first-order valence-corrected chi connectivity index (χ1v) is 4.43. The molecule has 0 amide bonds. The molecule has 3 nitrogen and oxygen atoms in total. The van der Waals surface area contributed by atoms with Crippen molar-refractivity contribution in [3.63, 3.8) is 0 Å². The van der Waals surface area contributed by atoms with Crippen LogP contribution in [0.25, 0.3) is 0 Å². The molecule has 13 heavy (non-hydrogen) atoms. The standard InChI is InChI=1S/C10H12O3/c1-2-12-9-4-3-8(11)7-5-6-13-10(7)9/h3-4,11H,2,5-6H2,1H3. The highest BCUT2D eigenvalue weighted by Gasteiger charge is 2.20. The van der Waals surface area contributed by atoms with Gasteiger partial charge in [-0.25, -0.2) is 0 Å². The van der Waals surface area contributed by atoms with Gasteiger partial charge in [-0.05, 0) is 19.1 Å². The molecule has 0 radical (unpaired) electrons. The second kappa shape index (κ2) is 3.17. The maximum absolute atomic E-state index is 9.49. The number of aromatic hydroxyl groups is 1. The highest BCUT2D eigenvalue weighted by Crippen LogP contribution is 2.40. The zero-order valence-corrected chi connectivity index (χ0v) is 7.54. The molecule has 0 saturated heterocycles. The number of phenolic OH excluding ortho intramolecular Hbond substituents is 1. The summed E-state index contributed by atoms with van der Waals surface area (Å²) in [7, 11) is 0. The number of rotatable bonds is 2. The summed E-state index contributed by atoms with van der Waals surface area (Å²) in [4.78, 5) is 0. The number of phenols is 1. The van der Waals surface area contributed by atoms with Crippen LogP contribution in [0.4, 0.5) is 0 Å². The van der Waals surface area contributed by atoms with Gasteiger partial charge in [0.25, 0.3) is 0 Å². The largest absolute Gasteiger partial charge is 0.508 e. The van der Waals surface area contributed by atoms with E-state index >= 15 is 0 Å². The quantitative estimate of drug-likeness (QED) is 0.753. The highest BCUT2D eigenvalue weighted by molar-refractivity contribution is 5.55. The Morgan fingerprint density at radius 1 is 1.54 bits per heavy atom. The van der Waals surface area contributed by atoms with Crippen LogP contribution < -0.4 is 9.47 Å². The smallest absolute Gasteiger partial charge is 0.168 e. The van der Waals surface area contributed by atoms with Crippen LogP contribution in [0.15, 0.2) is 12.1 Å². The lowest BCUT2D eigenvalue weighted by atomic mass is 10.1. The molecule has 0 unspecified atom stereocenters. The van der Waals surface area contributed by atoms with Gasteiger partial charge in [-0.15, -0.1) is 0 Å². The molecule has 1 N–H and O–H groups in total. The molecule has 1 aromatic rings. The number of fused-ring (bicyclic) bond motifs is 1. The summed E-state index contributed by atoms with van der Waals surface area (Å²) in [5.74, 6) is 1.74. The van der Waals surface area contributed by atoms with E-state index in [0.717, 1.165) is 17.7 Å². The van der Waals surface area contributed by atoms with Crippen molar-refractivity contribution in [2.75, 3.05) is 13.2 Å². The first-order chi connectivity index (χ1) is 6.33. The molecule has 1 aliphatic heterocycles. The third kappa shape index (κ3) is 1.30. The van der Waals surface area contributed by atoms with E-state index in [1.165, 1.54) is 0 Å². The minimum Gasteiger partial charge on any atom is -0.508 e. The van der Waals surface area contributed by atoms with Crippen molar-refractivity contribution in [1.29, 1.82) is 0 Å². The SMILES string of the molecule is CCOc1ccc(O)c2c1OCC2. The van der Waals surface area contributed by atoms with Crippen LogP contribution in [0.5, 0.6) is 17.2 Å². The third-order valence-corrected chi connectivity index (χ3v) is 2.10. The van der Waals surface area contributed by atoms with E-state index in [2.05, 4.69) is 0 Å². The lowest BCUT2D eigenvalue weighted by Gasteiger charge is -2.08. The van der Waals surface area contributed by atoms with Gasteiger partial charge in [0, 0.05) is 12.0 Å². The minimum absolute atomic E-state index is 0.302. The normalized spacial score (nSPS) is 13.6. The minimum atomic E-state index is 0.302. The molecule has 0 aromatic heterocycles. The molecule has 1 aromatic carbocycles. The number of benzene rings is 1. The molecule has 1 aliphatic rings. The summed E-state index contributed by atoms with van der Waals surface area (Å²) in [5, 5.41) is 9.49. The van der Waals surface area contributed by atoms with Gasteiger partial charge in [0.05, 0.1) is 13.2 Å². The van der Waals surface area contributed by atoms with Crippen LogP contribution in [-0.2, 0) is 6.42 Å². The van der Waals surface area contributed by atoms with Crippen LogP contribution in [0.1, 0.15) is 12.5 Å². The molecule has 2 rings (SSSR count). The van der Waals surface area contributed by atoms with Crippen molar-refractivity contribution in [2.45, 2.75) is 13.3 Å². The summed E-state index contributed by atoms with van der Waals surface area (Å²) >= 11 is 0. The zero-order valence-electron chi connectivity index (χ0n) is 7.54. The molecule has 0 spiro atoms. The van der Waals surface area contributed by atoms with E-state index in [4.69, 9.17) is 9.47 Å². The average molecular weight is 180 g/mol. The molecule has 70 valence electrons. The Morgan fingerprint density at radius 3 is 3.15 bits per heavy atom. The van der Waals surface area contributed by atoms with Gasteiger partial charge in [0.2, 0.25) is 0 Å². The van der Waals surface area contributed by atoms with Crippen molar-refractivity contribution >= 4 is 0 Å². The Hall–Kier alpha value is -1.38. The molecule has 3 heteroatoms. The molecule has 0 bridgehead atoms. The van der Waals surface area contributed by atoms with Crippen molar-refractivity contribution < 1.29 is 14.6 Å². The fourth-order valence-electron chi connectivity index (χ4n) is 1.52. The molecule has 0 aliphatic carbocycles. The number of hydrogen-bond donors (Lipinski definition) is 1. The molecular formula is C10H12O3. The Morgan fingerprint density at radius 2 is 2.38 bits per heavy atom. The maximum atomic E-state index is 9.49. The van der Waals surface area contributed by atoms with Crippen molar-refractivity contribution in [3.05, 3.63) is 17.7 Å². The van der Waals surface area contributed by atoms with Crippen LogP contribution in [-0.4, -0.2) is 18.3 Å². The number of hydrogen-bond acceptors (Lipinski definition) is 3. The Bertz CT molecular complexity index is 320. The summed E-state index contributed by atoms with van der Waals surface area (Å²) in [5.41, 5.74) is 0.867. The van der Waals surface area contributed by atoms with Crippen LogP contribution in [0.3, 0.4) is 0 Å².